The average molecular weight is 361 g/mol. The lowest BCUT2D eigenvalue weighted by molar-refractivity contribution is 0.0117. The monoisotopic (exact) mass is 361 g/mol. The van der Waals surface area contributed by atoms with Crippen molar-refractivity contribution in [3.63, 3.8) is 0 Å². The van der Waals surface area contributed by atoms with Crippen LogP contribution < -0.4 is 5.32 Å². The van der Waals surface area contributed by atoms with E-state index in [0.717, 1.165) is 16.2 Å². The van der Waals surface area contributed by atoms with Gasteiger partial charge in [0.1, 0.15) is 5.69 Å². The topological polar surface area (TPSA) is 82.5 Å². The van der Waals surface area contributed by atoms with E-state index in [-0.39, 0.29) is 17.1 Å². The third-order valence-corrected chi connectivity index (χ3v) is 4.95. The van der Waals surface area contributed by atoms with E-state index in [4.69, 9.17) is 0 Å². The molecule has 2 amide bonds. The van der Waals surface area contributed by atoms with Gasteiger partial charge in [-0.25, -0.2) is 13.8 Å². The number of thiazole rings is 1. The second-order valence-corrected chi connectivity index (χ2v) is 7.59. The summed E-state index contributed by atoms with van der Waals surface area (Å²) in [6.07, 6.45) is -0.376. The summed E-state index contributed by atoms with van der Waals surface area (Å²) in [5.41, 5.74) is -1.13. The molecule has 1 aromatic rings. The second kappa shape index (κ2) is 6.36. The number of carbonyl (C=O) groups is 2. The average Bonchev–Trinajstić information content (AvgIpc) is 3.01. The molecule has 134 valence electrons. The van der Waals surface area contributed by atoms with Crippen molar-refractivity contribution in [1.29, 1.82) is 0 Å². The lowest BCUT2D eigenvalue weighted by atomic mass is 10.0. The molecule has 0 bridgehead atoms. The molecule has 0 unspecified atom stereocenters. The van der Waals surface area contributed by atoms with Gasteiger partial charge in [-0.3, -0.25) is 9.59 Å². The van der Waals surface area contributed by atoms with Crippen LogP contribution >= 0.6 is 11.3 Å². The first-order valence-corrected chi connectivity index (χ1v) is 8.46. The summed E-state index contributed by atoms with van der Waals surface area (Å²) < 4.78 is 26.8. The summed E-state index contributed by atoms with van der Waals surface area (Å²) in [6, 6.07) is -1.10. The first-order valence-electron chi connectivity index (χ1n) is 7.58. The molecule has 2 heterocycles. The van der Waals surface area contributed by atoms with E-state index in [1.54, 1.807) is 27.7 Å². The highest BCUT2D eigenvalue weighted by Crippen LogP contribution is 2.32. The largest absolute Gasteiger partial charge is 0.388 e. The van der Waals surface area contributed by atoms with Gasteiger partial charge in [0.2, 0.25) is 0 Å². The van der Waals surface area contributed by atoms with Gasteiger partial charge in [0.15, 0.2) is 5.01 Å². The summed E-state index contributed by atoms with van der Waals surface area (Å²) >= 11 is 0.959. The van der Waals surface area contributed by atoms with Crippen LogP contribution in [0.2, 0.25) is 0 Å². The Morgan fingerprint density at radius 3 is 2.67 bits per heavy atom. The molecule has 1 aromatic heterocycles. The van der Waals surface area contributed by atoms with Crippen molar-refractivity contribution in [3.8, 4) is 0 Å². The van der Waals surface area contributed by atoms with Crippen molar-refractivity contribution in [1.82, 2.24) is 15.2 Å². The standard InChI is InChI=1S/C15H21F2N3O3S/c1-8-5-15(16,17)7-20(8)13(22)10-6-24-12(19-10)11(21)18-9(2)14(3,4)23/h6,8-9,23H,5,7H2,1-4H3,(H,18,21)/t8-,9+/m0/s1. The lowest BCUT2D eigenvalue weighted by Crippen LogP contribution is -2.47. The van der Waals surface area contributed by atoms with E-state index in [1.165, 1.54) is 5.38 Å². The number of aromatic nitrogens is 1. The fraction of sp³-hybridized carbons (Fsp3) is 0.667. The molecule has 0 saturated carbocycles. The van der Waals surface area contributed by atoms with E-state index in [2.05, 4.69) is 10.3 Å². The van der Waals surface area contributed by atoms with Gasteiger partial charge < -0.3 is 15.3 Å². The van der Waals surface area contributed by atoms with Crippen molar-refractivity contribution in [2.24, 2.45) is 0 Å². The zero-order chi connectivity index (χ0) is 18.3. The van der Waals surface area contributed by atoms with E-state index in [9.17, 15) is 23.5 Å². The zero-order valence-electron chi connectivity index (χ0n) is 14.0. The summed E-state index contributed by atoms with van der Waals surface area (Å²) in [5, 5.41) is 13.9. The summed E-state index contributed by atoms with van der Waals surface area (Å²) in [5.74, 6) is -4.02. The molecule has 1 saturated heterocycles. The van der Waals surface area contributed by atoms with Gasteiger partial charge in [0, 0.05) is 17.8 Å². The zero-order valence-corrected chi connectivity index (χ0v) is 14.8. The van der Waals surface area contributed by atoms with Gasteiger partial charge >= 0.3 is 0 Å². The Hall–Kier alpha value is -1.61. The molecule has 24 heavy (non-hydrogen) atoms. The van der Waals surface area contributed by atoms with Crippen molar-refractivity contribution < 1.29 is 23.5 Å². The minimum atomic E-state index is -2.90. The first kappa shape index (κ1) is 18.7. The maximum atomic E-state index is 13.4. The van der Waals surface area contributed by atoms with E-state index >= 15 is 0 Å². The van der Waals surface area contributed by atoms with Gasteiger partial charge in [-0.2, -0.15) is 0 Å². The van der Waals surface area contributed by atoms with Crippen LogP contribution in [0.4, 0.5) is 8.78 Å². The maximum absolute atomic E-state index is 13.4. The van der Waals surface area contributed by atoms with Crippen LogP contribution in [-0.2, 0) is 0 Å². The third kappa shape index (κ3) is 4.07. The number of amides is 2. The van der Waals surface area contributed by atoms with Crippen molar-refractivity contribution in [3.05, 3.63) is 16.1 Å². The highest BCUT2D eigenvalue weighted by Gasteiger charge is 2.45. The minimum absolute atomic E-state index is 0.0226. The number of nitrogens with zero attached hydrogens (tertiary/aromatic N) is 2. The highest BCUT2D eigenvalue weighted by molar-refractivity contribution is 7.11. The van der Waals surface area contributed by atoms with E-state index < -0.39 is 42.0 Å². The Morgan fingerprint density at radius 1 is 1.54 bits per heavy atom. The molecule has 0 radical (unpaired) electrons. The van der Waals surface area contributed by atoms with E-state index in [1.807, 2.05) is 0 Å². The Labute approximate surface area is 142 Å². The quantitative estimate of drug-likeness (QED) is 0.858. The molecular weight excluding hydrogens is 340 g/mol. The van der Waals surface area contributed by atoms with Gasteiger partial charge in [-0.05, 0) is 27.7 Å². The minimum Gasteiger partial charge on any atom is -0.388 e. The maximum Gasteiger partial charge on any atom is 0.280 e. The van der Waals surface area contributed by atoms with Crippen LogP contribution in [0.1, 0.15) is 54.4 Å². The Morgan fingerprint density at radius 2 is 2.17 bits per heavy atom. The van der Waals surface area contributed by atoms with E-state index in [0.29, 0.717) is 0 Å². The molecule has 9 heteroatoms. The van der Waals surface area contributed by atoms with Crippen molar-refractivity contribution in [2.45, 2.75) is 57.7 Å². The number of alkyl halides is 2. The number of likely N-dealkylation sites (tertiary alicyclic amines) is 1. The number of carbonyl (C=O) groups excluding carboxylic acids is 2. The number of hydrogen-bond donors (Lipinski definition) is 2. The number of aliphatic hydroxyl groups is 1. The van der Waals surface area contributed by atoms with Crippen molar-refractivity contribution in [2.75, 3.05) is 6.54 Å². The summed E-state index contributed by atoms with van der Waals surface area (Å²) in [6.45, 7) is 5.69. The van der Waals surface area contributed by atoms with Crippen LogP contribution in [-0.4, -0.2) is 57.0 Å². The molecule has 1 aliphatic heterocycles. The van der Waals surface area contributed by atoms with Gasteiger partial charge in [-0.1, -0.05) is 0 Å². The normalized spacial score (nSPS) is 21.6. The Balaban J connectivity index is 2.08. The molecule has 2 atom stereocenters. The van der Waals surface area contributed by atoms with Gasteiger partial charge in [0.05, 0.1) is 18.2 Å². The molecule has 6 nitrogen and oxygen atoms in total. The Kier molecular flexibility index (Phi) is 4.96. The molecule has 0 spiro atoms. The fourth-order valence-electron chi connectivity index (χ4n) is 2.34. The summed E-state index contributed by atoms with van der Waals surface area (Å²) in [7, 11) is 0. The van der Waals surface area contributed by atoms with Crippen LogP contribution in [0.15, 0.2) is 5.38 Å². The smallest absolute Gasteiger partial charge is 0.280 e. The molecule has 1 fully saturated rings. The molecule has 2 N–H and O–H groups in total. The van der Waals surface area contributed by atoms with Gasteiger partial charge in [-0.15, -0.1) is 11.3 Å². The van der Waals surface area contributed by atoms with Crippen LogP contribution in [0.25, 0.3) is 0 Å². The molecule has 1 aliphatic rings. The van der Waals surface area contributed by atoms with Gasteiger partial charge in [0.25, 0.3) is 17.7 Å². The molecular formula is C15H21F2N3O3S. The molecule has 2 rings (SSSR count). The molecule has 0 aliphatic carbocycles. The van der Waals surface area contributed by atoms with Crippen molar-refractivity contribution >= 4 is 23.2 Å². The lowest BCUT2D eigenvalue weighted by Gasteiger charge is -2.26. The predicted octanol–water partition coefficient (Wildman–Crippen LogP) is 1.90. The number of rotatable bonds is 4. The fourth-order valence-corrected chi connectivity index (χ4v) is 3.04. The number of nitrogens with one attached hydrogen (secondary N) is 1. The Bertz CT molecular complexity index is 642. The first-order chi connectivity index (χ1) is 10.9. The van der Waals surface area contributed by atoms with Crippen LogP contribution in [0.3, 0.4) is 0 Å². The third-order valence-electron chi connectivity index (χ3n) is 4.11. The SMILES string of the molecule is C[C@H]1CC(F)(F)CN1C(=O)c1csc(C(=O)N[C@H](C)C(C)(C)O)n1. The predicted molar refractivity (Wildman–Crippen MR) is 85.4 cm³/mol. The highest BCUT2D eigenvalue weighted by atomic mass is 32.1. The molecule has 0 aromatic carbocycles. The van der Waals surface area contributed by atoms with Crippen LogP contribution in [0, 0.1) is 0 Å². The number of hydrogen-bond acceptors (Lipinski definition) is 5. The van der Waals surface area contributed by atoms with Crippen LogP contribution in [0.5, 0.6) is 0 Å². The summed E-state index contributed by atoms with van der Waals surface area (Å²) in [4.78, 5) is 29.5. The number of halogens is 2. The second-order valence-electron chi connectivity index (χ2n) is 6.73.